The molecule has 1 heterocycles. The molecule has 3 aromatic carbocycles. The van der Waals surface area contributed by atoms with Crippen LogP contribution in [0.15, 0.2) is 85.1 Å². The van der Waals surface area contributed by atoms with Crippen molar-refractivity contribution in [1.82, 2.24) is 9.88 Å². The first kappa shape index (κ1) is 24.1. The Morgan fingerprint density at radius 3 is 2.23 bits per heavy atom. The molecule has 0 unspecified atom stereocenters. The molecule has 1 aromatic heterocycles. The van der Waals surface area contributed by atoms with Gasteiger partial charge in [0.15, 0.2) is 0 Å². The van der Waals surface area contributed by atoms with Gasteiger partial charge >= 0.3 is 12.3 Å². The number of aromatic nitrogens is 1. The third-order valence-corrected chi connectivity index (χ3v) is 5.44. The second-order valence-corrected chi connectivity index (χ2v) is 8.03. The van der Waals surface area contributed by atoms with Gasteiger partial charge in [-0.25, -0.2) is 9.18 Å². The van der Waals surface area contributed by atoms with Crippen LogP contribution in [0, 0.1) is 12.7 Å². The van der Waals surface area contributed by atoms with E-state index in [1.54, 1.807) is 0 Å². The summed E-state index contributed by atoms with van der Waals surface area (Å²) >= 11 is 0. The van der Waals surface area contributed by atoms with Crippen molar-refractivity contribution in [3.63, 3.8) is 0 Å². The topological polar surface area (TPSA) is 43.3 Å². The molecular weight excluding hydrogens is 460 g/mol. The van der Waals surface area contributed by atoms with Gasteiger partial charge in [-0.15, -0.1) is 0 Å². The molecule has 0 aliphatic rings. The van der Waals surface area contributed by atoms with Gasteiger partial charge in [-0.1, -0.05) is 66.7 Å². The Kier molecular flexibility index (Phi) is 6.91. The second kappa shape index (κ2) is 10.0. The van der Waals surface area contributed by atoms with Crippen LogP contribution < -0.4 is 10.1 Å². The average molecular weight is 482 g/mol. The van der Waals surface area contributed by atoms with Crippen LogP contribution >= 0.6 is 0 Å². The molecule has 0 bridgehead atoms. The van der Waals surface area contributed by atoms with E-state index in [1.807, 2.05) is 78.4 Å². The Morgan fingerprint density at radius 1 is 0.943 bits per heavy atom. The largest absolute Gasteiger partial charge is 0.419 e. The zero-order valence-electron chi connectivity index (χ0n) is 18.8. The predicted octanol–water partition coefficient (Wildman–Crippen LogP) is 6.96. The second-order valence-electron chi connectivity index (χ2n) is 8.03. The molecule has 180 valence electrons. The smallest absolute Gasteiger partial charge is 0.392 e. The third kappa shape index (κ3) is 5.71. The van der Waals surface area contributed by atoms with E-state index in [-0.39, 0.29) is 12.1 Å². The molecule has 0 atom stereocenters. The van der Waals surface area contributed by atoms with E-state index in [1.165, 1.54) is 0 Å². The van der Waals surface area contributed by atoms with Gasteiger partial charge < -0.3 is 14.6 Å². The summed E-state index contributed by atoms with van der Waals surface area (Å²) in [6, 6.07) is 21.6. The standard InChI is InChI=1S/C27H22F4N2O2/c1-18-16-33(17-19-8-4-2-5-9-19)25(24(18)21-10-6-3-7-11-21)35-26(34)32-15-20-12-13-22(23(28)14-20)27(29,30)31/h2-14,16H,15,17H2,1H3,(H,32,34). The van der Waals surface area contributed by atoms with Gasteiger partial charge in [-0.05, 0) is 41.3 Å². The Morgan fingerprint density at radius 2 is 1.60 bits per heavy atom. The van der Waals surface area contributed by atoms with Crippen LogP contribution in [0.1, 0.15) is 22.3 Å². The highest BCUT2D eigenvalue weighted by atomic mass is 19.4. The van der Waals surface area contributed by atoms with Crippen LogP contribution in [-0.4, -0.2) is 10.7 Å². The Labute approximate surface area is 199 Å². The third-order valence-electron chi connectivity index (χ3n) is 5.44. The van der Waals surface area contributed by atoms with E-state index < -0.39 is 23.7 Å². The van der Waals surface area contributed by atoms with Crippen molar-refractivity contribution in [2.45, 2.75) is 26.2 Å². The van der Waals surface area contributed by atoms with Crippen molar-refractivity contribution in [2.24, 2.45) is 0 Å². The maximum absolute atomic E-state index is 13.9. The summed E-state index contributed by atoms with van der Waals surface area (Å²) in [6.45, 7) is 2.17. The monoisotopic (exact) mass is 482 g/mol. The molecule has 4 nitrogen and oxygen atoms in total. The molecule has 0 aliphatic carbocycles. The van der Waals surface area contributed by atoms with Crippen LogP contribution in [0.4, 0.5) is 22.4 Å². The van der Waals surface area contributed by atoms with Gasteiger partial charge in [-0.3, -0.25) is 0 Å². The first-order chi connectivity index (χ1) is 16.7. The normalized spacial score (nSPS) is 11.3. The fourth-order valence-electron chi connectivity index (χ4n) is 3.83. The number of benzene rings is 3. The zero-order chi connectivity index (χ0) is 25.0. The maximum atomic E-state index is 13.9. The van der Waals surface area contributed by atoms with Gasteiger partial charge in [0.25, 0.3) is 0 Å². The molecule has 0 aliphatic heterocycles. The molecule has 0 fully saturated rings. The summed E-state index contributed by atoms with van der Waals surface area (Å²) in [6.07, 6.45) is -3.71. The number of nitrogens with one attached hydrogen (secondary N) is 1. The molecule has 8 heteroatoms. The number of rotatable bonds is 6. The Bertz CT molecular complexity index is 1320. The van der Waals surface area contributed by atoms with E-state index in [0.717, 1.165) is 34.4 Å². The van der Waals surface area contributed by atoms with Crippen molar-refractivity contribution in [3.05, 3.63) is 113 Å². The van der Waals surface area contributed by atoms with Gasteiger partial charge in [0.2, 0.25) is 5.88 Å². The Balaban J connectivity index is 1.56. The first-order valence-electron chi connectivity index (χ1n) is 10.8. The summed E-state index contributed by atoms with van der Waals surface area (Å²) < 4.78 is 59.7. The number of ether oxygens (including phenoxy) is 1. The summed E-state index contributed by atoms with van der Waals surface area (Å²) in [7, 11) is 0. The Hall–Kier alpha value is -4.07. The molecule has 4 aromatic rings. The summed E-state index contributed by atoms with van der Waals surface area (Å²) in [5.41, 5.74) is 2.34. The molecule has 1 N–H and O–H groups in total. The number of hydrogen-bond acceptors (Lipinski definition) is 2. The molecule has 35 heavy (non-hydrogen) atoms. The van der Waals surface area contributed by atoms with Crippen LogP contribution in [0.3, 0.4) is 0 Å². The highest BCUT2D eigenvalue weighted by Crippen LogP contribution is 2.36. The highest BCUT2D eigenvalue weighted by Gasteiger charge is 2.33. The first-order valence-corrected chi connectivity index (χ1v) is 10.8. The summed E-state index contributed by atoms with van der Waals surface area (Å²) in [5.74, 6) is -1.07. The maximum Gasteiger partial charge on any atom is 0.419 e. The van der Waals surface area contributed by atoms with E-state index in [2.05, 4.69) is 5.32 Å². The lowest BCUT2D eigenvalue weighted by Crippen LogP contribution is -2.27. The van der Waals surface area contributed by atoms with E-state index in [4.69, 9.17) is 4.74 Å². The molecule has 0 spiro atoms. The molecule has 0 radical (unpaired) electrons. The molecule has 1 amide bonds. The average Bonchev–Trinajstić information content (AvgIpc) is 3.12. The number of alkyl halides is 3. The lowest BCUT2D eigenvalue weighted by atomic mass is 10.1. The number of nitrogens with zero attached hydrogens (tertiary/aromatic N) is 1. The number of halogens is 4. The van der Waals surface area contributed by atoms with Crippen LogP contribution in [0.2, 0.25) is 0 Å². The number of amides is 1. The summed E-state index contributed by atoms with van der Waals surface area (Å²) in [5, 5.41) is 2.49. The quantitative estimate of drug-likeness (QED) is 0.302. The zero-order valence-corrected chi connectivity index (χ0v) is 18.8. The molecule has 0 saturated heterocycles. The fourth-order valence-corrected chi connectivity index (χ4v) is 3.83. The van der Waals surface area contributed by atoms with Gasteiger partial charge in [-0.2, -0.15) is 13.2 Å². The molecule has 4 rings (SSSR count). The van der Waals surface area contributed by atoms with Crippen LogP contribution in [0.5, 0.6) is 5.88 Å². The SMILES string of the molecule is Cc1cn(Cc2ccccc2)c(OC(=O)NCc2ccc(C(F)(F)F)c(F)c2)c1-c1ccccc1. The minimum absolute atomic E-state index is 0.173. The van der Waals surface area contributed by atoms with Crippen molar-refractivity contribution < 1.29 is 27.1 Å². The predicted molar refractivity (Wildman–Crippen MR) is 124 cm³/mol. The number of carbonyl (C=O) groups is 1. The fraction of sp³-hybridized carbons (Fsp3) is 0.148. The minimum Gasteiger partial charge on any atom is -0.392 e. The minimum atomic E-state index is -4.79. The van der Waals surface area contributed by atoms with Crippen molar-refractivity contribution in [2.75, 3.05) is 0 Å². The van der Waals surface area contributed by atoms with Crippen LogP contribution in [-0.2, 0) is 19.3 Å². The molecule has 0 saturated carbocycles. The lowest BCUT2D eigenvalue weighted by molar-refractivity contribution is -0.140. The van der Waals surface area contributed by atoms with Gasteiger partial charge in [0.05, 0.1) is 12.1 Å². The van der Waals surface area contributed by atoms with E-state index in [9.17, 15) is 22.4 Å². The molecular formula is C27H22F4N2O2. The van der Waals surface area contributed by atoms with Crippen molar-refractivity contribution in [1.29, 1.82) is 0 Å². The van der Waals surface area contributed by atoms with E-state index in [0.29, 0.717) is 18.5 Å². The van der Waals surface area contributed by atoms with Crippen molar-refractivity contribution >= 4 is 6.09 Å². The highest BCUT2D eigenvalue weighted by molar-refractivity contribution is 5.78. The summed E-state index contributed by atoms with van der Waals surface area (Å²) in [4.78, 5) is 12.7. The number of aryl methyl sites for hydroxylation is 1. The van der Waals surface area contributed by atoms with Crippen LogP contribution in [0.25, 0.3) is 11.1 Å². The van der Waals surface area contributed by atoms with Crippen molar-refractivity contribution in [3.8, 4) is 17.0 Å². The lowest BCUT2D eigenvalue weighted by Gasteiger charge is -2.14. The number of carbonyl (C=O) groups excluding carboxylic acids is 1. The van der Waals surface area contributed by atoms with Gasteiger partial charge in [0.1, 0.15) is 5.82 Å². The van der Waals surface area contributed by atoms with Gasteiger partial charge in [0, 0.05) is 18.3 Å². The van der Waals surface area contributed by atoms with E-state index >= 15 is 0 Å². The number of hydrogen-bond donors (Lipinski definition) is 1.